The summed E-state index contributed by atoms with van der Waals surface area (Å²) < 4.78 is 0. The second kappa shape index (κ2) is 12.6. The fourth-order valence-electron chi connectivity index (χ4n) is 3.09. The van der Waals surface area contributed by atoms with Crippen LogP contribution in [0, 0.1) is 0 Å². The molecule has 1 amide bonds. The number of carbonyl (C=O) groups excluding carboxylic acids is 1. The molecular formula is C24H35N5O. The minimum atomic E-state index is 0.0272. The van der Waals surface area contributed by atoms with Gasteiger partial charge in [0.15, 0.2) is 5.96 Å². The highest BCUT2D eigenvalue weighted by Crippen LogP contribution is 2.08. The van der Waals surface area contributed by atoms with Gasteiger partial charge in [0.05, 0.1) is 6.54 Å². The van der Waals surface area contributed by atoms with E-state index in [0.717, 1.165) is 56.2 Å². The maximum absolute atomic E-state index is 12.1. The molecule has 0 saturated heterocycles. The molecule has 2 rings (SSSR count). The van der Waals surface area contributed by atoms with E-state index in [0.29, 0.717) is 0 Å². The van der Waals surface area contributed by atoms with E-state index in [2.05, 4.69) is 64.8 Å². The number of amides is 1. The van der Waals surface area contributed by atoms with E-state index in [1.807, 2.05) is 24.3 Å². The summed E-state index contributed by atoms with van der Waals surface area (Å²) >= 11 is 0. The molecule has 2 aromatic carbocycles. The Balaban J connectivity index is 1.81. The van der Waals surface area contributed by atoms with Crippen LogP contribution in [0.15, 0.2) is 59.6 Å². The Hall–Kier alpha value is -2.86. The van der Waals surface area contributed by atoms with Gasteiger partial charge in [-0.15, -0.1) is 0 Å². The van der Waals surface area contributed by atoms with Crippen molar-refractivity contribution in [2.45, 2.75) is 19.9 Å². The molecule has 0 saturated carbocycles. The van der Waals surface area contributed by atoms with Crippen molar-refractivity contribution in [3.8, 4) is 0 Å². The van der Waals surface area contributed by atoms with E-state index in [1.165, 1.54) is 5.56 Å². The van der Waals surface area contributed by atoms with E-state index in [9.17, 15) is 4.79 Å². The van der Waals surface area contributed by atoms with Gasteiger partial charge < -0.3 is 20.4 Å². The van der Waals surface area contributed by atoms with Crippen LogP contribution in [0.25, 0.3) is 0 Å². The minimum absolute atomic E-state index is 0.0272. The van der Waals surface area contributed by atoms with Crippen LogP contribution < -0.4 is 10.6 Å². The van der Waals surface area contributed by atoms with Crippen LogP contribution in [-0.2, 0) is 13.0 Å². The standard InChI is InChI=1S/C24H35N5O/c1-5-25-24(27-16-17-29(4)19-21-10-7-6-8-11-21)26-15-14-20-12-9-13-22(18-20)23(30)28(2)3/h6-13,18H,5,14-17,19H2,1-4H3,(H2,25,26,27). The van der Waals surface area contributed by atoms with E-state index in [-0.39, 0.29) is 5.91 Å². The zero-order chi connectivity index (χ0) is 21.8. The van der Waals surface area contributed by atoms with E-state index in [4.69, 9.17) is 0 Å². The SMILES string of the molecule is CCNC(=NCCN(C)Cc1ccccc1)NCCc1cccc(C(=O)N(C)C)c1. The number of benzene rings is 2. The third-order valence-corrected chi connectivity index (χ3v) is 4.68. The predicted octanol–water partition coefficient (Wildman–Crippen LogP) is 2.62. The topological polar surface area (TPSA) is 60.0 Å². The van der Waals surface area contributed by atoms with Crippen molar-refractivity contribution in [1.29, 1.82) is 0 Å². The lowest BCUT2D eigenvalue weighted by Crippen LogP contribution is -2.39. The number of rotatable bonds is 10. The fraction of sp³-hybridized carbons (Fsp3) is 0.417. The Morgan fingerprint density at radius 1 is 0.967 bits per heavy atom. The van der Waals surface area contributed by atoms with Crippen molar-refractivity contribution in [3.63, 3.8) is 0 Å². The molecule has 6 heteroatoms. The smallest absolute Gasteiger partial charge is 0.253 e. The first-order valence-corrected chi connectivity index (χ1v) is 10.5. The molecule has 2 aromatic rings. The van der Waals surface area contributed by atoms with Gasteiger partial charge in [-0.1, -0.05) is 42.5 Å². The number of guanidine groups is 1. The van der Waals surface area contributed by atoms with Gasteiger partial charge in [0.2, 0.25) is 0 Å². The summed E-state index contributed by atoms with van der Waals surface area (Å²) in [6, 6.07) is 18.3. The maximum Gasteiger partial charge on any atom is 0.253 e. The van der Waals surface area contributed by atoms with E-state index >= 15 is 0 Å². The molecule has 2 N–H and O–H groups in total. The quantitative estimate of drug-likeness (QED) is 0.468. The maximum atomic E-state index is 12.1. The molecule has 0 bridgehead atoms. The summed E-state index contributed by atoms with van der Waals surface area (Å²) in [6.45, 7) is 6.17. The second-order valence-electron chi connectivity index (χ2n) is 7.56. The van der Waals surface area contributed by atoms with Crippen molar-refractivity contribution < 1.29 is 4.79 Å². The lowest BCUT2D eigenvalue weighted by atomic mass is 10.1. The van der Waals surface area contributed by atoms with Crippen molar-refractivity contribution in [1.82, 2.24) is 20.4 Å². The van der Waals surface area contributed by atoms with Crippen LogP contribution in [0.4, 0.5) is 0 Å². The van der Waals surface area contributed by atoms with Gasteiger partial charge in [0, 0.05) is 45.8 Å². The van der Waals surface area contributed by atoms with E-state index in [1.54, 1.807) is 19.0 Å². The number of hydrogen-bond donors (Lipinski definition) is 2. The van der Waals surface area contributed by atoms with Crippen LogP contribution in [0.1, 0.15) is 28.4 Å². The van der Waals surface area contributed by atoms with Crippen molar-refractivity contribution in [2.24, 2.45) is 4.99 Å². The zero-order valence-corrected chi connectivity index (χ0v) is 18.7. The molecule has 0 unspecified atom stereocenters. The van der Waals surface area contributed by atoms with Crippen LogP contribution in [0.2, 0.25) is 0 Å². The van der Waals surface area contributed by atoms with E-state index < -0.39 is 0 Å². The number of nitrogens with zero attached hydrogens (tertiary/aromatic N) is 3. The van der Waals surface area contributed by atoms with Crippen LogP contribution in [0.5, 0.6) is 0 Å². The molecule has 0 fully saturated rings. The van der Waals surface area contributed by atoms with Gasteiger partial charge in [-0.3, -0.25) is 9.79 Å². The fourth-order valence-corrected chi connectivity index (χ4v) is 3.09. The Morgan fingerprint density at radius 2 is 1.70 bits per heavy atom. The van der Waals surface area contributed by atoms with Crippen LogP contribution in [0.3, 0.4) is 0 Å². The molecule has 6 nitrogen and oxygen atoms in total. The highest BCUT2D eigenvalue weighted by atomic mass is 16.2. The van der Waals surface area contributed by atoms with Gasteiger partial charge in [0.25, 0.3) is 5.91 Å². The summed E-state index contributed by atoms with van der Waals surface area (Å²) in [7, 11) is 5.66. The van der Waals surface area contributed by atoms with Crippen molar-refractivity contribution in [2.75, 3.05) is 47.3 Å². The molecule has 0 heterocycles. The number of carbonyl (C=O) groups is 1. The molecular weight excluding hydrogens is 374 g/mol. The first-order valence-electron chi connectivity index (χ1n) is 10.5. The lowest BCUT2D eigenvalue weighted by Gasteiger charge is -2.16. The van der Waals surface area contributed by atoms with Gasteiger partial charge in [-0.05, 0) is 43.7 Å². The van der Waals surface area contributed by atoms with Gasteiger partial charge in [0.1, 0.15) is 0 Å². The van der Waals surface area contributed by atoms with Gasteiger partial charge in [-0.25, -0.2) is 0 Å². The summed E-state index contributed by atoms with van der Waals surface area (Å²) in [4.78, 5) is 20.7. The zero-order valence-electron chi connectivity index (χ0n) is 18.7. The van der Waals surface area contributed by atoms with Gasteiger partial charge in [-0.2, -0.15) is 0 Å². The molecule has 0 aliphatic rings. The molecule has 30 heavy (non-hydrogen) atoms. The third kappa shape index (κ3) is 8.25. The Morgan fingerprint density at radius 3 is 2.40 bits per heavy atom. The first-order chi connectivity index (χ1) is 14.5. The Bertz CT molecular complexity index is 804. The lowest BCUT2D eigenvalue weighted by molar-refractivity contribution is 0.0827. The molecule has 0 aliphatic carbocycles. The Labute approximate surface area is 181 Å². The average Bonchev–Trinajstić information content (AvgIpc) is 2.74. The molecule has 0 atom stereocenters. The van der Waals surface area contributed by atoms with Crippen molar-refractivity contribution in [3.05, 3.63) is 71.3 Å². The molecule has 0 radical (unpaired) electrons. The van der Waals surface area contributed by atoms with Crippen molar-refractivity contribution >= 4 is 11.9 Å². The third-order valence-electron chi connectivity index (χ3n) is 4.68. The molecule has 0 spiro atoms. The first kappa shape index (κ1) is 23.4. The summed E-state index contributed by atoms with van der Waals surface area (Å²) in [6.07, 6.45) is 0.826. The number of aliphatic imine (C=N–C) groups is 1. The molecule has 162 valence electrons. The largest absolute Gasteiger partial charge is 0.357 e. The second-order valence-corrected chi connectivity index (χ2v) is 7.56. The molecule has 0 aromatic heterocycles. The average molecular weight is 410 g/mol. The Kier molecular flexibility index (Phi) is 9.87. The summed E-state index contributed by atoms with van der Waals surface area (Å²) in [5.41, 5.74) is 3.16. The summed E-state index contributed by atoms with van der Waals surface area (Å²) in [5.74, 6) is 0.852. The number of nitrogens with one attached hydrogen (secondary N) is 2. The number of likely N-dealkylation sites (N-methyl/N-ethyl adjacent to an activating group) is 1. The predicted molar refractivity (Wildman–Crippen MR) is 125 cm³/mol. The van der Waals surface area contributed by atoms with Crippen LogP contribution >= 0.6 is 0 Å². The normalized spacial score (nSPS) is 11.4. The molecule has 0 aliphatic heterocycles. The number of hydrogen-bond acceptors (Lipinski definition) is 3. The minimum Gasteiger partial charge on any atom is -0.357 e. The van der Waals surface area contributed by atoms with Gasteiger partial charge >= 0.3 is 0 Å². The highest BCUT2D eigenvalue weighted by molar-refractivity contribution is 5.94. The highest BCUT2D eigenvalue weighted by Gasteiger charge is 2.08. The summed E-state index contributed by atoms with van der Waals surface area (Å²) in [5, 5.41) is 6.69. The van der Waals surface area contributed by atoms with Crippen LogP contribution in [-0.4, -0.2) is 69.0 Å². The monoisotopic (exact) mass is 409 g/mol.